The zero-order valence-corrected chi connectivity index (χ0v) is 19.2. The van der Waals surface area contributed by atoms with Crippen LogP contribution in [0.3, 0.4) is 0 Å². The first-order chi connectivity index (χ1) is 15.1. The minimum atomic E-state index is -0.000801. The topological polar surface area (TPSA) is 55.2 Å². The fourth-order valence-electron chi connectivity index (χ4n) is 4.76. The number of benzene rings is 1. The number of para-hydroxylation sites is 1. The largest absolute Gasteiger partial charge is 0.308 e. The monoisotopic (exact) mass is 451 g/mol. The maximum Gasteiger partial charge on any atom is 0.263 e. The average molecular weight is 452 g/mol. The van der Waals surface area contributed by atoms with E-state index < -0.39 is 0 Å². The molecule has 7 heteroatoms. The standard InChI is InChI=1S/C24H25N3O2S2/c1-3-12-26-23(29)21-17-9-5-7-11-19(17)31-22(21)25-24(26)30-14-20(28)27-15(2)13-16-8-4-6-10-18(16)27/h3-4,6,8,10,15H,1,5,7,9,11-14H2,2H3/t15-/m1/s1. The smallest absolute Gasteiger partial charge is 0.263 e. The zero-order chi connectivity index (χ0) is 21.5. The SMILES string of the molecule is C=CCn1c(SCC(=O)N2c3ccccc3C[C@H]2C)nc2sc3c(c2c1=O)CCCC3. The van der Waals surface area contributed by atoms with Gasteiger partial charge in [0.05, 0.1) is 11.1 Å². The van der Waals surface area contributed by atoms with Crippen molar-refractivity contribution in [2.75, 3.05) is 10.7 Å². The molecule has 2 aliphatic rings. The van der Waals surface area contributed by atoms with Crippen LogP contribution in [-0.2, 0) is 30.6 Å². The minimum absolute atomic E-state index is 0.000801. The van der Waals surface area contributed by atoms with Gasteiger partial charge in [-0.2, -0.15) is 0 Å². The highest BCUT2D eigenvalue weighted by Gasteiger charge is 2.31. The van der Waals surface area contributed by atoms with Crippen molar-refractivity contribution in [3.05, 3.63) is 63.3 Å². The fraction of sp³-hybridized carbons (Fsp3) is 0.375. The molecule has 0 saturated carbocycles. The van der Waals surface area contributed by atoms with Gasteiger partial charge in [0.2, 0.25) is 5.91 Å². The summed E-state index contributed by atoms with van der Waals surface area (Å²) in [7, 11) is 0. The number of aromatic nitrogens is 2. The van der Waals surface area contributed by atoms with Gasteiger partial charge in [0.1, 0.15) is 4.83 Å². The molecule has 0 spiro atoms. The van der Waals surface area contributed by atoms with Gasteiger partial charge in [0, 0.05) is 23.2 Å². The van der Waals surface area contributed by atoms with Crippen molar-refractivity contribution in [2.24, 2.45) is 0 Å². The molecule has 0 fully saturated rings. The Labute approximate surface area is 189 Å². The molecule has 3 aromatic rings. The summed E-state index contributed by atoms with van der Waals surface area (Å²) in [4.78, 5) is 35.4. The second kappa shape index (κ2) is 8.28. The predicted molar refractivity (Wildman–Crippen MR) is 129 cm³/mol. The van der Waals surface area contributed by atoms with Crippen LogP contribution < -0.4 is 10.5 Å². The fourth-order valence-corrected chi connectivity index (χ4v) is 6.93. The molecule has 0 unspecified atom stereocenters. The molecular weight excluding hydrogens is 426 g/mol. The lowest BCUT2D eigenvalue weighted by atomic mass is 9.97. The normalized spacial score (nSPS) is 17.6. The summed E-state index contributed by atoms with van der Waals surface area (Å²) < 4.78 is 1.68. The van der Waals surface area contributed by atoms with Gasteiger partial charge >= 0.3 is 0 Å². The number of fused-ring (bicyclic) bond motifs is 4. The molecule has 5 rings (SSSR count). The highest BCUT2D eigenvalue weighted by atomic mass is 32.2. The molecule has 0 bridgehead atoms. The van der Waals surface area contributed by atoms with Crippen LogP contribution in [0, 0.1) is 0 Å². The van der Waals surface area contributed by atoms with Crippen LogP contribution in [0.2, 0.25) is 0 Å². The van der Waals surface area contributed by atoms with Crippen molar-refractivity contribution in [1.82, 2.24) is 9.55 Å². The van der Waals surface area contributed by atoms with Gasteiger partial charge in [-0.15, -0.1) is 17.9 Å². The molecule has 160 valence electrons. The van der Waals surface area contributed by atoms with E-state index in [1.165, 1.54) is 34.2 Å². The summed E-state index contributed by atoms with van der Waals surface area (Å²) in [6.45, 7) is 6.29. The van der Waals surface area contributed by atoms with E-state index in [1.807, 2.05) is 23.1 Å². The quantitative estimate of drug-likeness (QED) is 0.323. The van der Waals surface area contributed by atoms with Crippen LogP contribution in [0.4, 0.5) is 5.69 Å². The Balaban J connectivity index is 1.46. The van der Waals surface area contributed by atoms with Crippen molar-refractivity contribution < 1.29 is 4.79 Å². The summed E-state index contributed by atoms with van der Waals surface area (Å²) >= 11 is 3.00. The molecule has 1 aliphatic heterocycles. The summed E-state index contributed by atoms with van der Waals surface area (Å²) in [5.41, 5.74) is 3.40. The van der Waals surface area contributed by atoms with E-state index in [2.05, 4.69) is 19.6 Å². The first kappa shape index (κ1) is 20.5. The summed E-state index contributed by atoms with van der Waals surface area (Å²) in [6.07, 6.45) is 6.88. The third-order valence-corrected chi connectivity index (χ3v) is 8.30. The van der Waals surface area contributed by atoms with E-state index in [4.69, 9.17) is 4.98 Å². The number of carbonyl (C=O) groups excluding carboxylic acids is 1. The van der Waals surface area contributed by atoms with E-state index in [-0.39, 0.29) is 23.3 Å². The van der Waals surface area contributed by atoms with Gasteiger partial charge in [-0.25, -0.2) is 4.98 Å². The van der Waals surface area contributed by atoms with Crippen molar-refractivity contribution in [2.45, 2.75) is 56.8 Å². The van der Waals surface area contributed by atoms with Crippen LogP contribution in [0.25, 0.3) is 10.2 Å². The van der Waals surface area contributed by atoms with Gasteiger partial charge in [-0.1, -0.05) is 36.0 Å². The summed E-state index contributed by atoms with van der Waals surface area (Å²) in [5.74, 6) is 0.297. The number of hydrogen-bond donors (Lipinski definition) is 0. The van der Waals surface area contributed by atoms with Gasteiger partial charge in [-0.3, -0.25) is 14.2 Å². The Kier molecular flexibility index (Phi) is 5.48. The Morgan fingerprint density at radius 3 is 2.97 bits per heavy atom. The van der Waals surface area contributed by atoms with Crippen molar-refractivity contribution in [3.63, 3.8) is 0 Å². The predicted octanol–water partition coefficient (Wildman–Crippen LogP) is 4.59. The highest BCUT2D eigenvalue weighted by molar-refractivity contribution is 7.99. The molecule has 5 nitrogen and oxygen atoms in total. The molecule has 3 heterocycles. The number of aryl methyl sites for hydroxylation is 2. The average Bonchev–Trinajstić information content (AvgIpc) is 3.31. The maximum absolute atomic E-state index is 13.4. The molecule has 2 aromatic heterocycles. The van der Waals surface area contributed by atoms with E-state index in [0.717, 1.165) is 41.6 Å². The number of thioether (sulfide) groups is 1. The molecule has 31 heavy (non-hydrogen) atoms. The third-order valence-electron chi connectivity index (χ3n) is 6.15. The molecule has 1 aromatic carbocycles. The van der Waals surface area contributed by atoms with Crippen molar-refractivity contribution >= 4 is 44.9 Å². The maximum atomic E-state index is 13.4. The number of allylic oxidation sites excluding steroid dienone is 1. The molecule has 1 atom stereocenters. The van der Waals surface area contributed by atoms with Gasteiger partial charge in [0.15, 0.2) is 5.16 Å². The van der Waals surface area contributed by atoms with Crippen LogP contribution >= 0.6 is 23.1 Å². The number of hydrogen-bond acceptors (Lipinski definition) is 5. The first-order valence-corrected chi connectivity index (χ1v) is 12.6. The Morgan fingerprint density at radius 2 is 2.13 bits per heavy atom. The van der Waals surface area contributed by atoms with Crippen LogP contribution in [0.1, 0.15) is 35.8 Å². The second-order valence-electron chi connectivity index (χ2n) is 8.22. The number of amides is 1. The van der Waals surface area contributed by atoms with Gasteiger partial charge < -0.3 is 4.90 Å². The van der Waals surface area contributed by atoms with Crippen LogP contribution in [0.15, 0.2) is 46.9 Å². The lowest BCUT2D eigenvalue weighted by molar-refractivity contribution is -0.116. The number of rotatable bonds is 5. The van der Waals surface area contributed by atoms with Crippen LogP contribution in [0.5, 0.6) is 0 Å². The molecule has 0 radical (unpaired) electrons. The van der Waals surface area contributed by atoms with Gasteiger partial charge in [-0.05, 0) is 56.2 Å². The molecule has 1 amide bonds. The van der Waals surface area contributed by atoms with Crippen molar-refractivity contribution in [1.29, 1.82) is 0 Å². The Bertz CT molecular complexity index is 1240. The van der Waals surface area contributed by atoms with E-state index in [9.17, 15) is 9.59 Å². The van der Waals surface area contributed by atoms with E-state index in [0.29, 0.717) is 11.7 Å². The summed E-state index contributed by atoms with van der Waals surface area (Å²) in [6, 6.07) is 8.22. The lowest BCUT2D eigenvalue weighted by Crippen LogP contribution is -2.37. The minimum Gasteiger partial charge on any atom is -0.308 e. The van der Waals surface area contributed by atoms with E-state index >= 15 is 0 Å². The Morgan fingerprint density at radius 1 is 1.32 bits per heavy atom. The molecule has 1 aliphatic carbocycles. The third kappa shape index (κ3) is 3.53. The number of anilines is 1. The second-order valence-corrected chi connectivity index (χ2v) is 10.3. The molecule has 0 N–H and O–H groups in total. The van der Waals surface area contributed by atoms with Crippen molar-refractivity contribution in [3.8, 4) is 0 Å². The summed E-state index contributed by atoms with van der Waals surface area (Å²) in [5, 5.41) is 1.38. The van der Waals surface area contributed by atoms with Gasteiger partial charge in [0.25, 0.3) is 5.56 Å². The first-order valence-electron chi connectivity index (χ1n) is 10.8. The number of carbonyl (C=O) groups is 1. The number of thiophene rings is 1. The molecule has 0 saturated heterocycles. The lowest BCUT2D eigenvalue weighted by Gasteiger charge is -2.22. The number of nitrogens with zero attached hydrogens (tertiary/aromatic N) is 3. The zero-order valence-electron chi connectivity index (χ0n) is 17.6. The highest BCUT2D eigenvalue weighted by Crippen LogP contribution is 2.35. The molecular formula is C24H25N3O2S2. The Hall–Kier alpha value is -2.38. The van der Waals surface area contributed by atoms with Crippen LogP contribution in [-0.4, -0.2) is 27.3 Å². The van der Waals surface area contributed by atoms with E-state index in [1.54, 1.807) is 22.0 Å².